The van der Waals surface area contributed by atoms with Crippen molar-refractivity contribution in [3.8, 4) is 11.5 Å². The van der Waals surface area contributed by atoms with Gasteiger partial charge in [0.05, 0.1) is 5.56 Å². The van der Waals surface area contributed by atoms with E-state index in [0.29, 0.717) is 11.5 Å². The van der Waals surface area contributed by atoms with E-state index in [9.17, 15) is 4.79 Å². The number of halogens is 1. The molecule has 7 heteroatoms. The molecule has 0 saturated carbocycles. The second-order valence-corrected chi connectivity index (χ2v) is 5.24. The maximum absolute atomic E-state index is 11.8. The van der Waals surface area contributed by atoms with Crippen LogP contribution in [-0.2, 0) is 11.3 Å². The third-order valence-electron chi connectivity index (χ3n) is 2.78. The highest BCUT2D eigenvalue weighted by atomic mass is 79.9. The molecule has 110 valence electrons. The fourth-order valence-corrected chi connectivity index (χ4v) is 1.98. The van der Waals surface area contributed by atoms with E-state index in [1.54, 1.807) is 18.3 Å². The average molecular weight is 360 g/mol. The van der Waals surface area contributed by atoms with Crippen molar-refractivity contribution < 1.29 is 13.9 Å². The monoisotopic (exact) mass is 359 g/mol. The van der Waals surface area contributed by atoms with Gasteiger partial charge in [-0.25, -0.2) is 4.79 Å². The quantitative estimate of drug-likeness (QED) is 0.665. The Bertz CT molecular complexity index is 772. The molecule has 0 radical (unpaired) electrons. The maximum atomic E-state index is 11.8. The molecule has 0 N–H and O–H groups in total. The predicted molar refractivity (Wildman–Crippen MR) is 80.8 cm³/mol. The summed E-state index contributed by atoms with van der Waals surface area (Å²) in [7, 11) is 0. The molecule has 22 heavy (non-hydrogen) atoms. The minimum Gasteiger partial charge on any atom is -0.452 e. The second kappa shape index (κ2) is 6.48. The van der Waals surface area contributed by atoms with Crippen molar-refractivity contribution in [3.05, 3.63) is 64.7 Å². The first-order valence-electron chi connectivity index (χ1n) is 6.38. The smallest absolute Gasteiger partial charge is 0.340 e. The van der Waals surface area contributed by atoms with Crippen LogP contribution in [0.3, 0.4) is 0 Å². The third kappa shape index (κ3) is 3.37. The Morgan fingerprint density at radius 3 is 2.73 bits per heavy atom. The number of benzene rings is 1. The molecule has 3 aromatic rings. The molecule has 0 aliphatic heterocycles. The minimum absolute atomic E-state index is 0.0861. The van der Waals surface area contributed by atoms with Crippen LogP contribution in [0.5, 0.6) is 0 Å². The van der Waals surface area contributed by atoms with E-state index in [4.69, 9.17) is 9.15 Å². The van der Waals surface area contributed by atoms with Gasteiger partial charge in [0.15, 0.2) is 6.61 Å². The first-order valence-corrected chi connectivity index (χ1v) is 7.17. The van der Waals surface area contributed by atoms with Gasteiger partial charge >= 0.3 is 5.97 Å². The van der Waals surface area contributed by atoms with Gasteiger partial charge in [0.1, 0.15) is 0 Å². The van der Waals surface area contributed by atoms with Crippen molar-refractivity contribution in [2.45, 2.75) is 6.61 Å². The van der Waals surface area contributed by atoms with Crippen molar-refractivity contribution in [3.63, 3.8) is 0 Å². The summed E-state index contributed by atoms with van der Waals surface area (Å²) < 4.78 is 11.5. The van der Waals surface area contributed by atoms with Gasteiger partial charge in [-0.3, -0.25) is 4.98 Å². The predicted octanol–water partition coefficient (Wildman–Crippen LogP) is 3.25. The molecule has 0 bridgehead atoms. The van der Waals surface area contributed by atoms with Crippen LogP contribution in [0.2, 0.25) is 0 Å². The van der Waals surface area contributed by atoms with Crippen molar-refractivity contribution in [1.29, 1.82) is 0 Å². The topological polar surface area (TPSA) is 78.1 Å². The van der Waals surface area contributed by atoms with Gasteiger partial charge in [-0.1, -0.05) is 15.9 Å². The molecule has 0 fully saturated rings. The Hall–Kier alpha value is -2.54. The highest BCUT2D eigenvalue weighted by Gasteiger charge is 2.12. The largest absolute Gasteiger partial charge is 0.452 e. The lowest BCUT2D eigenvalue weighted by Crippen LogP contribution is -2.05. The normalized spacial score (nSPS) is 10.4. The fourth-order valence-electron chi connectivity index (χ4n) is 1.72. The highest BCUT2D eigenvalue weighted by molar-refractivity contribution is 9.10. The molecule has 0 aliphatic rings. The van der Waals surface area contributed by atoms with E-state index in [0.717, 1.165) is 10.0 Å². The lowest BCUT2D eigenvalue weighted by molar-refractivity contribution is 0.0438. The Labute approximate surface area is 134 Å². The van der Waals surface area contributed by atoms with Crippen LogP contribution in [0.25, 0.3) is 11.5 Å². The van der Waals surface area contributed by atoms with Crippen LogP contribution in [0.15, 0.2) is 57.7 Å². The molecule has 0 saturated heterocycles. The van der Waals surface area contributed by atoms with Crippen LogP contribution in [-0.4, -0.2) is 21.2 Å². The Morgan fingerprint density at radius 1 is 1.18 bits per heavy atom. The lowest BCUT2D eigenvalue weighted by atomic mass is 10.2. The average Bonchev–Trinajstić information content (AvgIpc) is 3.03. The van der Waals surface area contributed by atoms with E-state index < -0.39 is 5.97 Å². The number of hydrogen-bond acceptors (Lipinski definition) is 6. The number of aromatic nitrogens is 3. The summed E-state index contributed by atoms with van der Waals surface area (Å²) in [6, 6.07) is 10.7. The van der Waals surface area contributed by atoms with Gasteiger partial charge in [0.2, 0.25) is 5.89 Å². The van der Waals surface area contributed by atoms with Crippen LogP contribution in [0.4, 0.5) is 0 Å². The van der Waals surface area contributed by atoms with E-state index in [1.807, 2.05) is 24.3 Å². The number of ether oxygens (including phenoxy) is 1. The van der Waals surface area contributed by atoms with Gasteiger partial charge in [0, 0.05) is 22.4 Å². The number of nitrogens with zero attached hydrogens (tertiary/aromatic N) is 3. The Morgan fingerprint density at radius 2 is 2.00 bits per heavy atom. The zero-order valence-corrected chi connectivity index (χ0v) is 12.9. The SMILES string of the molecule is O=C(OCc1nnc(-c2ccc(Br)cc2)o1)c1cccnc1. The first kappa shape index (κ1) is 14.4. The van der Waals surface area contributed by atoms with Gasteiger partial charge in [-0.2, -0.15) is 0 Å². The molecule has 3 rings (SSSR count). The van der Waals surface area contributed by atoms with Crippen LogP contribution in [0.1, 0.15) is 16.2 Å². The number of pyridine rings is 1. The first-order chi connectivity index (χ1) is 10.7. The third-order valence-corrected chi connectivity index (χ3v) is 3.31. The van der Waals surface area contributed by atoms with E-state index in [1.165, 1.54) is 6.20 Å². The number of esters is 1. The fraction of sp³-hybridized carbons (Fsp3) is 0.0667. The molecule has 0 unspecified atom stereocenters. The molecule has 0 spiro atoms. The molecule has 6 nitrogen and oxygen atoms in total. The summed E-state index contributed by atoms with van der Waals surface area (Å²) in [5, 5.41) is 7.79. The molecule has 2 heterocycles. The van der Waals surface area contributed by atoms with Crippen molar-refractivity contribution in [2.75, 3.05) is 0 Å². The zero-order chi connectivity index (χ0) is 15.4. The Balaban J connectivity index is 1.65. The summed E-state index contributed by atoms with van der Waals surface area (Å²) in [6.07, 6.45) is 3.02. The molecule has 0 atom stereocenters. The van der Waals surface area contributed by atoms with Crippen LogP contribution < -0.4 is 0 Å². The van der Waals surface area contributed by atoms with Crippen molar-refractivity contribution in [2.24, 2.45) is 0 Å². The lowest BCUT2D eigenvalue weighted by Gasteiger charge is -2.00. The summed E-state index contributed by atoms with van der Waals surface area (Å²) >= 11 is 3.36. The Kier molecular flexibility index (Phi) is 4.24. The number of carbonyl (C=O) groups is 1. The number of carbonyl (C=O) groups excluding carboxylic acids is 1. The van der Waals surface area contributed by atoms with Gasteiger partial charge < -0.3 is 9.15 Å². The van der Waals surface area contributed by atoms with Crippen LogP contribution in [0, 0.1) is 0 Å². The number of hydrogen-bond donors (Lipinski definition) is 0. The molecule has 2 aromatic heterocycles. The summed E-state index contributed by atoms with van der Waals surface area (Å²) in [4.78, 5) is 15.6. The molecular formula is C15H10BrN3O3. The molecule has 1 aromatic carbocycles. The zero-order valence-electron chi connectivity index (χ0n) is 11.3. The molecular weight excluding hydrogens is 350 g/mol. The van der Waals surface area contributed by atoms with Crippen molar-refractivity contribution in [1.82, 2.24) is 15.2 Å². The highest BCUT2D eigenvalue weighted by Crippen LogP contribution is 2.20. The van der Waals surface area contributed by atoms with E-state index in [-0.39, 0.29) is 12.5 Å². The minimum atomic E-state index is -0.489. The molecule has 0 aliphatic carbocycles. The summed E-state index contributed by atoms with van der Waals surface area (Å²) in [6.45, 7) is -0.0861. The maximum Gasteiger partial charge on any atom is 0.340 e. The van der Waals surface area contributed by atoms with E-state index in [2.05, 4.69) is 31.1 Å². The summed E-state index contributed by atoms with van der Waals surface area (Å²) in [5.74, 6) is 0.117. The summed E-state index contributed by atoms with van der Waals surface area (Å²) in [5.41, 5.74) is 1.16. The van der Waals surface area contributed by atoms with Crippen molar-refractivity contribution >= 4 is 21.9 Å². The molecule has 0 amide bonds. The van der Waals surface area contributed by atoms with Gasteiger partial charge in [0.25, 0.3) is 5.89 Å². The van der Waals surface area contributed by atoms with Gasteiger partial charge in [-0.05, 0) is 36.4 Å². The van der Waals surface area contributed by atoms with Crippen LogP contribution >= 0.6 is 15.9 Å². The van der Waals surface area contributed by atoms with Gasteiger partial charge in [-0.15, -0.1) is 10.2 Å². The second-order valence-electron chi connectivity index (χ2n) is 4.33. The van der Waals surface area contributed by atoms with E-state index >= 15 is 0 Å². The number of rotatable bonds is 4. The standard InChI is InChI=1S/C15H10BrN3O3/c16-12-5-3-10(4-6-12)14-19-18-13(22-14)9-21-15(20)11-2-1-7-17-8-11/h1-8H,9H2.